The third-order valence-electron chi connectivity index (χ3n) is 5.99. The summed E-state index contributed by atoms with van der Waals surface area (Å²) in [6, 6.07) is 27.4. The van der Waals surface area contributed by atoms with Gasteiger partial charge in [-0.2, -0.15) is 0 Å². The van der Waals surface area contributed by atoms with Crippen molar-refractivity contribution in [1.29, 1.82) is 0 Å². The van der Waals surface area contributed by atoms with Crippen molar-refractivity contribution in [2.75, 3.05) is 23.3 Å². The van der Waals surface area contributed by atoms with Crippen LogP contribution in [-0.2, 0) is 16.6 Å². The summed E-state index contributed by atoms with van der Waals surface area (Å²) in [5.74, 6) is -0.655. The molecule has 0 aliphatic heterocycles. The molecule has 35 heavy (non-hydrogen) atoms. The molecule has 0 aliphatic rings. The number of benzene rings is 4. The van der Waals surface area contributed by atoms with Crippen LogP contribution in [0, 0.1) is 0 Å². The first kappa shape index (κ1) is 24.3. The van der Waals surface area contributed by atoms with Crippen molar-refractivity contribution in [1.82, 2.24) is 4.72 Å². The van der Waals surface area contributed by atoms with Gasteiger partial charge in [-0.3, -0.25) is 4.79 Å². The van der Waals surface area contributed by atoms with Crippen LogP contribution >= 0.6 is 0 Å². The molecule has 0 atom stereocenters. The highest BCUT2D eigenvalue weighted by atomic mass is 32.2. The number of carbonyl (C=O) groups excluding carboxylic acids is 1. The van der Waals surface area contributed by atoms with E-state index < -0.39 is 15.9 Å². The number of hydrogen-bond acceptors (Lipinski definition) is 5. The maximum atomic E-state index is 12.8. The molecule has 2 N–H and O–H groups in total. The molecule has 7 heteroatoms. The van der Waals surface area contributed by atoms with Crippen molar-refractivity contribution in [2.45, 2.75) is 25.3 Å². The third-order valence-corrected chi connectivity index (χ3v) is 7.33. The van der Waals surface area contributed by atoms with Gasteiger partial charge in [0.25, 0.3) is 15.9 Å². The number of anilines is 2. The Balaban J connectivity index is 1.41. The van der Waals surface area contributed by atoms with Gasteiger partial charge in [-0.25, -0.2) is 13.1 Å². The van der Waals surface area contributed by atoms with Gasteiger partial charge in [0, 0.05) is 36.6 Å². The van der Waals surface area contributed by atoms with Gasteiger partial charge in [-0.15, -0.1) is 0 Å². The van der Waals surface area contributed by atoms with Gasteiger partial charge in [0.1, 0.15) is 0 Å². The lowest BCUT2D eigenvalue weighted by atomic mass is 10.0. The van der Waals surface area contributed by atoms with Gasteiger partial charge in [0.2, 0.25) is 0 Å². The largest absolute Gasteiger partial charge is 0.381 e. The number of nitrogens with one attached hydrogen (secondary N) is 2. The molecule has 6 nitrogen and oxygen atoms in total. The second-order valence-electron chi connectivity index (χ2n) is 8.18. The van der Waals surface area contributed by atoms with Crippen LogP contribution in [0.1, 0.15) is 29.8 Å². The minimum absolute atomic E-state index is 0.0280. The van der Waals surface area contributed by atoms with Crippen LogP contribution in [0.2, 0.25) is 0 Å². The lowest BCUT2D eigenvalue weighted by molar-refractivity contribution is 0.0983. The third kappa shape index (κ3) is 5.63. The van der Waals surface area contributed by atoms with Crippen molar-refractivity contribution >= 4 is 38.1 Å². The van der Waals surface area contributed by atoms with Gasteiger partial charge in [-0.05, 0) is 72.6 Å². The topological polar surface area (TPSA) is 78.5 Å². The molecule has 4 rings (SSSR count). The monoisotopic (exact) mass is 487 g/mol. The first-order valence-corrected chi connectivity index (χ1v) is 13.1. The van der Waals surface area contributed by atoms with Gasteiger partial charge in [-0.1, -0.05) is 48.5 Å². The molecule has 0 fully saturated rings. The molecule has 1 amide bonds. The van der Waals surface area contributed by atoms with Crippen molar-refractivity contribution in [3.05, 3.63) is 102 Å². The molecule has 0 radical (unpaired) electrons. The van der Waals surface area contributed by atoms with Crippen LogP contribution in [0.5, 0.6) is 0 Å². The molecule has 0 aromatic heterocycles. The summed E-state index contributed by atoms with van der Waals surface area (Å²) in [5.41, 5.74) is 3.42. The first-order chi connectivity index (χ1) is 16.9. The molecule has 4 aromatic carbocycles. The van der Waals surface area contributed by atoms with Crippen LogP contribution in [0.3, 0.4) is 0 Å². The normalized spacial score (nSPS) is 11.3. The Morgan fingerprint density at radius 3 is 2.14 bits per heavy atom. The molecule has 0 aliphatic carbocycles. The van der Waals surface area contributed by atoms with Crippen LogP contribution in [0.4, 0.5) is 11.4 Å². The highest BCUT2D eigenvalue weighted by Gasteiger charge is 2.20. The SMILES string of the molecule is CCN(CC)c1ccc(CNc2ccc(S(=O)(=O)NC(=O)c3cccc4ccccc34)cc2)cc1. The average molecular weight is 488 g/mol. The Morgan fingerprint density at radius 2 is 1.46 bits per heavy atom. The van der Waals surface area contributed by atoms with Crippen LogP contribution in [0.25, 0.3) is 10.8 Å². The Bertz CT molecular complexity index is 1410. The summed E-state index contributed by atoms with van der Waals surface area (Å²) in [6.07, 6.45) is 0. The number of hydrogen-bond donors (Lipinski definition) is 2. The zero-order chi connectivity index (χ0) is 24.8. The minimum atomic E-state index is -4.01. The summed E-state index contributed by atoms with van der Waals surface area (Å²) in [7, 11) is -4.01. The van der Waals surface area contributed by atoms with Crippen molar-refractivity contribution in [3.8, 4) is 0 Å². The number of carbonyl (C=O) groups is 1. The summed E-state index contributed by atoms with van der Waals surface area (Å²) in [5, 5.41) is 4.88. The summed E-state index contributed by atoms with van der Waals surface area (Å²) < 4.78 is 27.8. The van der Waals surface area contributed by atoms with E-state index in [4.69, 9.17) is 0 Å². The van der Waals surface area contributed by atoms with Crippen LogP contribution in [-0.4, -0.2) is 27.4 Å². The molecule has 0 bridgehead atoms. The van der Waals surface area contributed by atoms with Crippen molar-refractivity contribution < 1.29 is 13.2 Å². The molecular formula is C28H29N3O3S. The van der Waals surface area contributed by atoms with Crippen LogP contribution in [0.15, 0.2) is 95.9 Å². The Labute approximate surface area is 206 Å². The fourth-order valence-electron chi connectivity index (χ4n) is 4.03. The van der Waals surface area contributed by atoms with E-state index in [0.717, 1.165) is 29.7 Å². The number of rotatable bonds is 9. The van der Waals surface area contributed by atoms with E-state index in [1.807, 2.05) is 24.3 Å². The van der Waals surface area contributed by atoms with Gasteiger partial charge in [0.05, 0.1) is 4.90 Å². The van der Waals surface area contributed by atoms with Crippen molar-refractivity contribution in [3.63, 3.8) is 0 Å². The smallest absolute Gasteiger partial charge is 0.265 e. The molecule has 0 spiro atoms. The fourth-order valence-corrected chi connectivity index (χ4v) is 5.00. The summed E-state index contributed by atoms with van der Waals surface area (Å²) >= 11 is 0. The molecule has 4 aromatic rings. The lowest BCUT2D eigenvalue weighted by Crippen LogP contribution is -2.30. The highest BCUT2D eigenvalue weighted by Crippen LogP contribution is 2.21. The quantitative estimate of drug-likeness (QED) is 0.330. The molecule has 180 valence electrons. The van der Waals surface area contributed by atoms with E-state index in [0.29, 0.717) is 17.5 Å². The predicted molar refractivity (Wildman–Crippen MR) is 142 cm³/mol. The van der Waals surface area contributed by atoms with E-state index in [2.05, 4.69) is 53.1 Å². The maximum Gasteiger partial charge on any atom is 0.265 e. The van der Waals surface area contributed by atoms with Gasteiger partial charge < -0.3 is 10.2 Å². The van der Waals surface area contributed by atoms with Gasteiger partial charge in [0.15, 0.2) is 0 Å². The fraction of sp³-hybridized carbons (Fsp3) is 0.179. The molecular weight excluding hydrogens is 458 g/mol. The maximum absolute atomic E-state index is 12.8. The zero-order valence-electron chi connectivity index (χ0n) is 19.9. The minimum Gasteiger partial charge on any atom is -0.381 e. The second-order valence-corrected chi connectivity index (χ2v) is 9.86. The predicted octanol–water partition coefficient (Wildman–Crippen LogP) is 5.42. The van der Waals surface area contributed by atoms with E-state index >= 15 is 0 Å². The number of amides is 1. The number of nitrogens with zero attached hydrogens (tertiary/aromatic N) is 1. The van der Waals surface area contributed by atoms with E-state index in [1.165, 1.54) is 17.8 Å². The first-order valence-electron chi connectivity index (χ1n) is 11.6. The summed E-state index contributed by atoms with van der Waals surface area (Å²) in [6.45, 7) is 6.82. The number of sulfonamides is 1. The van der Waals surface area contributed by atoms with Gasteiger partial charge >= 0.3 is 0 Å². The lowest BCUT2D eigenvalue weighted by Gasteiger charge is -2.21. The standard InChI is InChI=1S/C28H29N3O3S/c1-3-31(4-2)24-16-12-21(13-17-24)20-29-23-14-18-25(19-15-23)35(33,34)30-28(32)27-11-7-9-22-8-5-6-10-26(22)27/h5-19,29H,3-4,20H2,1-2H3,(H,30,32). The zero-order valence-corrected chi connectivity index (χ0v) is 20.7. The second kappa shape index (κ2) is 10.6. The van der Waals surface area contributed by atoms with Crippen molar-refractivity contribution in [2.24, 2.45) is 0 Å². The average Bonchev–Trinajstić information content (AvgIpc) is 2.88. The molecule has 0 unspecified atom stereocenters. The Kier molecular flexibility index (Phi) is 7.36. The van der Waals surface area contributed by atoms with E-state index in [-0.39, 0.29) is 4.90 Å². The molecule has 0 saturated carbocycles. The van der Waals surface area contributed by atoms with Crippen LogP contribution < -0.4 is 14.9 Å². The molecule has 0 saturated heterocycles. The number of fused-ring (bicyclic) bond motifs is 1. The summed E-state index contributed by atoms with van der Waals surface area (Å²) in [4.78, 5) is 15.1. The molecule has 0 heterocycles. The Morgan fingerprint density at radius 1 is 0.800 bits per heavy atom. The van der Waals surface area contributed by atoms with E-state index in [9.17, 15) is 13.2 Å². The Hall–Kier alpha value is -3.84. The highest BCUT2D eigenvalue weighted by molar-refractivity contribution is 7.90. The van der Waals surface area contributed by atoms with E-state index in [1.54, 1.807) is 30.3 Å².